The minimum absolute atomic E-state index is 0.709. The number of benzene rings is 2. The molecule has 0 aromatic heterocycles. The Kier molecular flexibility index (Phi) is 4.27. The summed E-state index contributed by atoms with van der Waals surface area (Å²) in [6.07, 6.45) is 0. The molecule has 0 heterocycles. The van der Waals surface area contributed by atoms with Crippen molar-refractivity contribution in [3.63, 3.8) is 0 Å². The van der Waals surface area contributed by atoms with Gasteiger partial charge in [0.2, 0.25) is 0 Å². The van der Waals surface area contributed by atoms with Crippen molar-refractivity contribution in [2.75, 3.05) is 17.2 Å². The third-order valence-electron chi connectivity index (χ3n) is 3.41. The van der Waals surface area contributed by atoms with Crippen molar-refractivity contribution in [1.82, 2.24) is 0 Å². The lowest BCUT2D eigenvalue weighted by Gasteiger charge is -2.25. The summed E-state index contributed by atoms with van der Waals surface area (Å²) in [7, 11) is 0. The van der Waals surface area contributed by atoms with Crippen molar-refractivity contribution < 1.29 is 0 Å². The normalized spacial score (nSPS) is 10.1. The Morgan fingerprint density at radius 1 is 1.20 bits per heavy atom. The molecule has 0 aliphatic rings. The molecular weight excluding hydrogens is 246 g/mol. The van der Waals surface area contributed by atoms with E-state index in [1.165, 1.54) is 0 Å². The van der Waals surface area contributed by atoms with Gasteiger partial charge in [-0.25, -0.2) is 0 Å². The number of nitriles is 1. The van der Waals surface area contributed by atoms with Gasteiger partial charge in [-0.3, -0.25) is 0 Å². The molecule has 0 atom stereocenters. The van der Waals surface area contributed by atoms with E-state index in [-0.39, 0.29) is 0 Å². The molecule has 102 valence electrons. The van der Waals surface area contributed by atoms with Gasteiger partial charge >= 0.3 is 0 Å². The minimum atomic E-state index is 0.709. The van der Waals surface area contributed by atoms with Gasteiger partial charge in [-0.2, -0.15) is 5.26 Å². The molecule has 0 saturated carbocycles. The molecule has 2 N–H and O–H groups in total. The zero-order valence-electron chi connectivity index (χ0n) is 11.9. The average Bonchev–Trinajstić information content (AvgIpc) is 2.46. The average molecular weight is 265 g/mol. The summed E-state index contributed by atoms with van der Waals surface area (Å²) in [6.45, 7) is 5.61. The van der Waals surface area contributed by atoms with Crippen LogP contribution in [0.15, 0.2) is 42.5 Å². The number of para-hydroxylation sites is 1. The van der Waals surface area contributed by atoms with Crippen molar-refractivity contribution in [2.45, 2.75) is 20.4 Å². The summed E-state index contributed by atoms with van der Waals surface area (Å²) in [6, 6.07) is 16.1. The highest BCUT2D eigenvalue weighted by atomic mass is 15.1. The molecule has 0 saturated heterocycles. The minimum Gasteiger partial charge on any atom is -0.398 e. The Bertz CT molecular complexity index is 641. The maximum atomic E-state index is 9.31. The second-order valence-electron chi connectivity index (χ2n) is 4.85. The number of hydrogen-bond donors (Lipinski definition) is 1. The molecule has 0 spiro atoms. The van der Waals surface area contributed by atoms with Gasteiger partial charge in [0.1, 0.15) is 6.07 Å². The van der Waals surface area contributed by atoms with E-state index in [4.69, 9.17) is 5.73 Å². The fourth-order valence-electron chi connectivity index (χ4n) is 2.27. The van der Waals surface area contributed by atoms with Crippen molar-refractivity contribution >= 4 is 11.4 Å². The first-order chi connectivity index (χ1) is 9.65. The number of rotatable bonds is 4. The van der Waals surface area contributed by atoms with Gasteiger partial charge in [0.15, 0.2) is 0 Å². The molecule has 2 aromatic carbocycles. The molecule has 0 aliphatic carbocycles. The van der Waals surface area contributed by atoms with Gasteiger partial charge in [0.05, 0.1) is 11.3 Å². The van der Waals surface area contributed by atoms with E-state index in [1.807, 2.05) is 49.4 Å². The summed E-state index contributed by atoms with van der Waals surface area (Å²) >= 11 is 0. The van der Waals surface area contributed by atoms with Crippen LogP contribution in [0.5, 0.6) is 0 Å². The van der Waals surface area contributed by atoms with Crippen LogP contribution in [0.25, 0.3) is 0 Å². The van der Waals surface area contributed by atoms with Crippen molar-refractivity contribution in [2.24, 2.45) is 0 Å². The van der Waals surface area contributed by atoms with Gasteiger partial charge in [-0.15, -0.1) is 0 Å². The SMILES string of the molecule is CCN(Cc1ccccc1N)c1ccc(C)cc1C#N. The van der Waals surface area contributed by atoms with Crippen LogP contribution < -0.4 is 10.6 Å². The lowest BCUT2D eigenvalue weighted by molar-refractivity contribution is 0.831. The zero-order valence-corrected chi connectivity index (χ0v) is 11.9. The summed E-state index contributed by atoms with van der Waals surface area (Å²) in [5, 5.41) is 9.31. The molecule has 0 bridgehead atoms. The van der Waals surface area contributed by atoms with E-state index in [0.717, 1.165) is 29.0 Å². The van der Waals surface area contributed by atoms with Crippen LogP contribution in [0.4, 0.5) is 11.4 Å². The molecule has 0 amide bonds. The monoisotopic (exact) mass is 265 g/mol. The van der Waals surface area contributed by atoms with Crippen molar-refractivity contribution in [3.05, 3.63) is 59.2 Å². The van der Waals surface area contributed by atoms with E-state index in [1.54, 1.807) is 0 Å². The summed E-state index contributed by atoms with van der Waals surface area (Å²) < 4.78 is 0. The molecule has 3 nitrogen and oxygen atoms in total. The molecule has 0 radical (unpaired) electrons. The second-order valence-corrected chi connectivity index (χ2v) is 4.85. The maximum absolute atomic E-state index is 9.31. The third-order valence-corrected chi connectivity index (χ3v) is 3.41. The Morgan fingerprint density at radius 2 is 1.95 bits per heavy atom. The van der Waals surface area contributed by atoms with Gasteiger partial charge in [0.25, 0.3) is 0 Å². The van der Waals surface area contributed by atoms with Crippen LogP contribution in [0, 0.1) is 18.3 Å². The topological polar surface area (TPSA) is 53.0 Å². The molecule has 3 heteroatoms. The van der Waals surface area contributed by atoms with E-state index in [9.17, 15) is 5.26 Å². The van der Waals surface area contributed by atoms with Crippen LogP contribution in [0.3, 0.4) is 0 Å². The van der Waals surface area contributed by atoms with Gasteiger partial charge in [0, 0.05) is 18.8 Å². The quantitative estimate of drug-likeness (QED) is 0.861. The number of nitrogens with two attached hydrogens (primary N) is 1. The maximum Gasteiger partial charge on any atom is 0.101 e. The summed E-state index contributed by atoms with van der Waals surface area (Å²) in [4.78, 5) is 2.17. The van der Waals surface area contributed by atoms with Crippen molar-refractivity contribution in [3.8, 4) is 6.07 Å². The summed E-state index contributed by atoms with van der Waals surface area (Å²) in [5.41, 5.74) is 10.6. The second kappa shape index (κ2) is 6.12. The first kappa shape index (κ1) is 14.0. The van der Waals surface area contributed by atoms with Crippen LogP contribution >= 0.6 is 0 Å². The number of nitrogen functional groups attached to an aromatic ring is 1. The predicted molar refractivity (Wildman–Crippen MR) is 83.5 cm³/mol. The number of aryl methyl sites for hydroxylation is 1. The zero-order chi connectivity index (χ0) is 14.5. The predicted octanol–water partition coefficient (Wildman–Crippen LogP) is 3.48. The summed E-state index contributed by atoms with van der Waals surface area (Å²) in [5.74, 6) is 0. The molecule has 0 unspecified atom stereocenters. The van der Waals surface area contributed by atoms with Gasteiger partial charge < -0.3 is 10.6 Å². The first-order valence-electron chi connectivity index (χ1n) is 6.74. The van der Waals surface area contributed by atoms with E-state index < -0.39 is 0 Å². The van der Waals surface area contributed by atoms with E-state index >= 15 is 0 Å². The Balaban J connectivity index is 2.34. The largest absolute Gasteiger partial charge is 0.398 e. The lowest BCUT2D eigenvalue weighted by atomic mass is 10.1. The highest BCUT2D eigenvalue weighted by molar-refractivity contribution is 5.61. The fraction of sp³-hybridized carbons (Fsp3) is 0.235. The molecule has 0 aliphatic heterocycles. The standard InChI is InChI=1S/C17H19N3/c1-3-20(12-14-6-4-5-7-16(14)19)17-9-8-13(2)10-15(17)11-18/h4-10H,3,12,19H2,1-2H3. The Hall–Kier alpha value is -2.47. The molecule has 0 fully saturated rings. The van der Waals surface area contributed by atoms with Crippen LogP contribution in [-0.4, -0.2) is 6.54 Å². The lowest BCUT2D eigenvalue weighted by Crippen LogP contribution is -2.23. The smallest absolute Gasteiger partial charge is 0.101 e. The number of hydrogen-bond acceptors (Lipinski definition) is 3. The van der Waals surface area contributed by atoms with Crippen molar-refractivity contribution in [1.29, 1.82) is 5.26 Å². The highest BCUT2D eigenvalue weighted by Gasteiger charge is 2.11. The molecular formula is C17H19N3. The van der Waals surface area contributed by atoms with E-state index in [0.29, 0.717) is 12.1 Å². The highest BCUT2D eigenvalue weighted by Crippen LogP contribution is 2.24. The van der Waals surface area contributed by atoms with Gasteiger partial charge in [-0.1, -0.05) is 24.3 Å². The third kappa shape index (κ3) is 2.92. The van der Waals surface area contributed by atoms with E-state index in [2.05, 4.69) is 17.9 Å². The Morgan fingerprint density at radius 3 is 2.60 bits per heavy atom. The van der Waals surface area contributed by atoms with Crippen LogP contribution in [0.2, 0.25) is 0 Å². The molecule has 2 aromatic rings. The van der Waals surface area contributed by atoms with Crippen LogP contribution in [0.1, 0.15) is 23.6 Å². The van der Waals surface area contributed by atoms with Gasteiger partial charge in [-0.05, 0) is 43.2 Å². The number of anilines is 2. The molecule has 2 rings (SSSR count). The molecule has 20 heavy (non-hydrogen) atoms. The Labute approximate surface area is 120 Å². The first-order valence-corrected chi connectivity index (χ1v) is 6.74. The fourth-order valence-corrected chi connectivity index (χ4v) is 2.27. The van der Waals surface area contributed by atoms with Crippen LogP contribution in [-0.2, 0) is 6.54 Å². The number of nitrogens with zero attached hydrogens (tertiary/aromatic N) is 2.